The highest BCUT2D eigenvalue weighted by molar-refractivity contribution is 5.91. The predicted molar refractivity (Wildman–Crippen MR) is 127 cm³/mol. The van der Waals surface area contributed by atoms with Crippen molar-refractivity contribution in [2.45, 2.75) is 38.5 Å². The van der Waals surface area contributed by atoms with Crippen molar-refractivity contribution < 1.29 is 4.79 Å². The Kier molecular flexibility index (Phi) is 7.24. The van der Waals surface area contributed by atoms with Crippen LogP contribution in [-0.4, -0.2) is 12.5 Å². The summed E-state index contributed by atoms with van der Waals surface area (Å²) in [5, 5.41) is 3.03. The summed E-state index contributed by atoms with van der Waals surface area (Å²) in [5.41, 5.74) is 5.00. The maximum Gasteiger partial charge on any atom is 0.243 e. The number of hydrogen-bond acceptors (Lipinski definition) is 1. The number of carbonyl (C=O) groups excluding carboxylic acids is 1. The third-order valence-corrected chi connectivity index (χ3v) is 5.34. The summed E-state index contributed by atoms with van der Waals surface area (Å²) in [5.74, 6) is 0.205. The molecule has 0 unspecified atom stereocenters. The lowest BCUT2D eigenvalue weighted by Gasteiger charge is -2.18. The molecule has 0 spiro atoms. The molecule has 3 aromatic carbocycles. The number of nitrogens with one attached hydrogen (secondary N) is 1. The molecule has 0 fully saturated rings. The molecule has 2 nitrogen and oxygen atoms in total. The van der Waals surface area contributed by atoms with Gasteiger partial charge in [0.1, 0.15) is 0 Å². The Morgan fingerprint density at radius 1 is 0.833 bits per heavy atom. The predicted octanol–water partition coefficient (Wildman–Crippen LogP) is 6.34. The van der Waals surface area contributed by atoms with Crippen LogP contribution in [-0.2, 0) is 10.2 Å². The molecule has 154 valence electrons. The molecule has 1 N–H and O–H groups in total. The van der Waals surface area contributed by atoms with Crippen LogP contribution in [0.1, 0.15) is 55.4 Å². The smallest absolute Gasteiger partial charge is 0.243 e. The second kappa shape index (κ2) is 10.1. The van der Waals surface area contributed by atoms with Crippen LogP contribution in [0.2, 0.25) is 0 Å². The van der Waals surface area contributed by atoms with Crippen LogP contribution in [0, 0.1) is 0 Å². The molecular formula is C28H31NO. The summed E-state index contributed by atoms with van der Waals surface area (Å²) in [4.78, 5) is 12.3. The zero-order valence-corrected chi connectivity index (χ0v) is 18.1. The molecule has 0 aromatic heterocycles. The molecule has 0 aliphatic rings. The largest absolute Gasteiger partial charge is 0.353 e. The summed E-state index contributed by atoms with van der Waals surface area (Å²) in [6.45, 7) is 7.22. The SMILES string of the molecule is CC(C)(C)c1ccc(C=CC(=O)NCCC(c2ccccc2)c2ccccc2)cc1. The molecule has 2 heteroatoms. The van der Waals surface area contributed by atoms with Crippen LogP contribution in [0.4, 0.5) is 0 Å². The normalized spacial score (nSPS) is 11.7. The minimum Gasteiger partial charge on any atom is -0.353 e. The molecule has 0 heterocycles. The molecule has 0 saturated carbocycles. The Balaban J connectivity index is 1.57. The summed E-state index contributed by atoms with van der Waals surface area (Å²) >= 11 is 0. The van der Waals surface area contributed by atoms with Gasteiger partial charge in [0.15, 0.2) is 0 Å². The molecule has 0 atom stereocenters. The van der Waals surface area contributed by atoms with E-state index in [0.29, 0.717) is 6.54 Å². The van der Waals surface area contributed by atoms with E-state index in [9.17, 15) is 4.79 Å². The second-order valence-electron chi connectivity index (χ2n) is 8.66. The Labute approximate surface area is 180 Å². The summed E-state index contributed by atoms with van der Waals surface area (Å²) in [6.07, 6.45) is 4.34. The van der Waals surface area contributed by atoms with Gasteiger partial charge in [0, 0.05) is 18.5 Å². The summed E-state index contributed by atoms with van der Waals surface area (Å²) in [6, 6.07) is 29.3. The van der Waals surface area contributed by atoms with Gasteiger partial charge in [0.05, 0.1) is 0 Å². The van der Waals surface area contributed by atoms with Gasteiger partial charge in [-0.15, -0.1) is 0 Å². The van der Waals surface area contributed by atoms with Gasteiger partial charge in [-0.2, -0.15) is 0 Å². The maximum absolute atomic E-state index is 12.3. The van der Waals surface area contributed by atoms with E-state index in [1.54, 1.807) is 6.08 Å². The lowest BCUT2D eigenvalue weighted by atomic mass is 9.87. The Morgan fingerprint density at radius 2 is 1.37 bits per heavy atom. The number of hydrogen-bond donors (Lipinski definition) is 1. The molecule has 1 amide bonds. The average Bonchev–Trinajstić information content (AvgIpc) is 2.76. The number of amides is 1. The lowest BCUT2D eigenvalue weighted by molar-refractivity contribution is -0.116. The number of carbonyl (C=O) groups is 1. The van der Waals surface area contributed by atoms with Gasteiger partial charge in [-0.3, -0.25) is 4.79 Å². The van der Waals surface area contributed by atoms with E-state index < -0.39 is 0 Å². The van der Waals surface area contributed by atoms with Gasteiger partial charge >= 0.3 is 0 Å². The van der Waals surface area contributed by atoms with Gasteiger partial charge in [0.2, 0.25) is 5.91 Å². The Morgan fingerprint density at radius 3 is 1.87 bits per heavy atom. The Bertz CT molecular complexity index is 912. The number of benzene rings is 3. The van der Waals surface area contributed by atoms with Crippen molar-refractivity contribution in [2.24, 2.45) is 0 Å². The summed E-state index contributed by atoms with van der Waals surface area (Å²) in [7, 11) is 0. The molecule has 0 saturated heterocycles. The van der Waals surface area contributed by atoms with Crippen LogP contribution in [0.5, 0.6) is 0 Å². The highest BCUT2D eigenvalue weighted by atomic mass is 16.1. The molecule has 3 aromatic rings. The minimum atomic E-state index is -0.0604. The zero-order valence-electron chi connectivity index (χ0n) is 18.1. The van der Waals surface area contributed by atoms with Crippen LogP contribution in [0.3, 0.4) is 0 Å². The second-order valence-corrected chi connectivity index (χ2v) is 8.66. The standard InChI is InChI=1S/C28H31NO/c1-28(2,3)25-17-14-22(15-18-25)16-19-27(30)29-21-20-26(23-10-6-4-7-11-23)24-12-8-5-9-13-24/h4-19,26H,20-21H2,1-3H3,(H,29,30). The molecular weight excluding hydrogens is 366 g/mol. The van der Waals surface area contributed by atoms with Gasteiger partial charge in [-0.1, -0.05) is 106 Å². The zero-order chi connectivity index (χ0) is 21.4. The fourth-order valence-corrected chi connectivity index (χ4v) is 3.56. The third kappa shape index (κ3) is 6.18. The monoisotopic (exact) mass is 397 g/mol. The highest BCUT2D eigenvalue weighted by Crippen LogP contribution is 2.27. The van der Waals surface area contributed by atoms with E-state index in [1.165, 1.54) is 16.7 Å². The van der Waals surface area contributed by atoms with Crippen LogP contribution < -0.4 is 5.32 Å². The van der Waals surface area contributed by atoms with E-state index in [1.807, 2.05) is 18.2 Å². The first-order valence-electron chi connectivity index (χ1n) is 10.6. The van der Waals surface area contributed by atoms with Crippen molar-refractivity contribution in [3.8, 4) is 0 Å². The first-order valence-corrected chi connectivity index (χ1v) is 10.6. The van der Waals surface area contributed by atoms with Gasteiger partial charge in [0.25, 0.3) is 0 Å². The first kappa shape index (κ1) is 21.6. The molecule has 0 radical (unpaired) electrons. The van der Waals surface area contributed by atoms with Gasteiger partial charge < -0.3 is 5.32 Å². The topological polar surface area (TPSA) is 29.1 Å². The Hall–Kier alpha value is -3.13. The quantitative estimate of drug-likeness (QED) is 0.463. The molecule has 3 rings (SSSR count). The van der Waals surface area contributed by atoms with Crippen molar-refractivity contribution in [1.29, 1.82) is 0 Å². The van der Waals surface area contributed by atoms with E-state index in [-0.39, 0.29) is 17.2 Å². The van der Waals surface area contributed by atoms with Crippen molar-refractivity contribution in [3.63, 3.8) is 0 Å². The average molecular weight is 398 g/mol. The van der Waals surface area contributed by atoms with Crippen molar-refractivity contribution >= 4 is 12.0 Å². The number of rotatable bonds is 7. The molecule has 0 aliphatic carbocycles. The van der Waals surface area contributed by atoms with Crippen molar-refractivity contribution in [1.82, 2.24) is 5.32 Å². The first-order chi connectivity index (χ1) is 14.4. The van der Waals surface area contributed by atoms with Crippen molar-refractivity contribution in [2.75, 3.05) is 6.54 Å². The van der Waals surface area contributed by atoms with E-state index in [4.69, 9.17) is 0 Å². The van der Waals surface area contributed by atoms with Crippen LogP contribution in [0.25, 0.3) is 6.08 Å². The van der Waals surface area contributed by atoms with E-state index in [0.717, 1.165) is 12.0 Å². The maximum atomic E-state index is 12.3. The third-order valence-electron chi connectivity index (χ3n) is 5.34. The molecule has 30 heavy (non-hydrogen) atoms. The van der Waals surface area contributed by atoms with E-state index in [2.05, 4.69) is 98.9 Å². The summed E-state index contributed by atoms with van der Waals surface area (Å²) < 4.78 is 0. The minimum absolute atomic E-state index is 0.0604. The van der Waals surface area contributed by atoms with Gasteiger partial charge in [-0.05, 0) is 40.2 Å². The fraction of sp³-hybridized carbons (Fsp3) is 0.250. The fourth-order valence-electron chi connectivity index (χ4n) is 3.56. The van der Waals surface area contributed by atoms with Crippen LogP contribution in [0.15, 0.2) is 91.0 Å². The van der Waals surface area contributed by atoms with Crippen molar-refractivity contribution in [3.05, 3.63) is 113 Å². The lowest BCUT2D eigenvalue weighted by Crippen LogP contribution is -2.23. The molecule has 0 aliphatic heterocycles. The molecule has 0 bridgehead atoms. The highest BCUT2D eigenvalue weighted by Gasteiger charge is 2.14. The van der Waals surface area contributed by atoms with Gasteiger partial charge in [-0.25, -0.2) is 0 Å². The van der Waals surface area contributed by atoms with E-state index >= 15 is 0 Å². The van der Waals surface area contributed by atoms with Crippen LogP contribution >= 0.6 is 0 Å².